The molecule has 76 heavy (non-hydrogen) atoms. The molecule has 0 radical (unpaired) electrons. The largest absolute Gasteiger partial charge is 0.394 e. The molecule has 0 fully saturated rings. The smallest absolute Gasteiger partial charge is 0.104 e. The summed E-state index contributed by atoms with van der Waals surface area (Å²) in [5.41, 5.74) is 0. The van der Waals surface area contributed by atoms with Gasteiger partial charge in [0.05, 0.1) is 172 Å². The highest BCUT2D eigenvalue weighted by Gasteiger charge is 2.24. The predicted molar refractivity (Wildman–Crippen MR) is 268 cm³/mol. The molecule has 0 aromatic heterocycles. The first-order valence-electron chi connectivity index (χ1n) is 26.3. The van der Waals surface area contributed by atoms with Gasteiger partial charge in [-0.25, -0.2) is 0 Å². The van der Waals surface area contributed by atoms with Gasteiger partial charge in [-0.05, 0) is 37.5 Å². The molecule has 0 aliphatic heterocycles. The molecule has 0 bridgehead atoms. The number of rotatable bonds is 58. The summed E-state index contributed by atoms with van der Waals surface area (Å²) in [6, 6.07) is 0. The number of aliphatic hydroxyl groups is 16. The van der Waals surface area contributed by atoms with Crippen molar-refractivity contribution in [1.82, 2.24) is 0 Å². The summed E-state index contributed by atoms with van der Waals surface area (Å²) in [4.78, 5) is 0. The van der Waals surface area contributed by atoms with E-state index in [1.807, 2.05) is 0 Å². The van der Waals surface area contributed by atoms with Crippen LogP contribution in [0.4, 0.5) is 0 Å². The van der Waals surface area contributed by atoms with E-state index in [9.17, 15) is 81.7 Å². The molecule has 0 aliphatic carbocycles. The topological polar surface area (TPSA) is 425 Å². The zero-order valence-electron chi connectivity index (χ0n) is 44.6. The average molecular weight is 1120 g/mol. The minimum absolute atomic E-state index is 0.0335. The van der Waals surface area contributed by atoms with Crippen molar-refractivity contribution in [2.24, 2.45) is 23.7 Å². The molecular formula is C49H100O27. The van der Waals surface area contributed by atoms with Gasteiger partial charge >= 0.3 is 0 Å². The van der Waals surface area contributed by atoms with Crippen molar-refractivity contribution < 1.29 is 134 Å². The van der Waals surface area contributed by atoms with E-state index in [1.165, 1.54) is 0 Å². The maximum absolute atomic E-state index is 9.89. The van der Waals surface area contributed by atoms with E-state index in [2.05, 4.69) is 6.92 Å². The molecule has 0 heterocycles. The van der Waals surface area contributed by atoms with Crippen molar-refractivity contribution in [3.63, 3.8) is 0 Å². The summed E-state index contributed by atoms with van der Waals surface area (Å²) in [7, 11) is 0. The highest BCUT2D eigenvalue weighted by Crippen LogP contribution is 2.26. The lowest BCUT2D eigenvalue weighted by Crippen LogP contribution is -2.34. The number of hydrogen-bond donors (Lipinski definition) is 16. The van der Waals surface area contributed by atoms with Gasteiger partial charge in [-0.3, -0.25) is 0 Å². The molecule has 27 nitrogen and oxygen atoms in total. The lowest BCUT2D eigenvalue weighted by molar-refractivity contribution is -0.114. The fourth-order valence-electron chi connectivity index (χ4n) is 6.82. The van der Waals surface area contributed by atoms with E-state index < -0.39 is 120 Å². The Balaban J connectivity index is 6.53. The van der Waals surface area contributed by atoms with Crippen molar-refractivity contribution in [1.29, 1.82) is 0 Å². The third kappa shape index (κ3) is 43.7. The predicted octanol–water partition coefficient (Wildman–Crippen LogP) is -6.07. The standard InChI is InChI=1S/C49H100O27/c1-35(2-4-36(6-7-37(16-66-21-39(58)8-50)17-67-22-40(59)9-51)18-74-47(29-68-23-41(60)10-52)30-69-24-42(61)11-53)3-5-38(19-75-48(31-70-25-43(62)12-54)32-71-26-44(63)13-55)20-76-49(33-72-27-45(64)14-56)34-73-28-46(65)15-57/h35-65H,2-34H2,1H3. The molecule has 0 amide bonds. The number of ether oxygens (including phenoxy) is 11. The Morgan fingerprint density at radius 1 is 0.224 bits per heavy atom. The summed E-state index contributed by atoms with van der Waals surface area (Å²) in [5, 5.41) is 153. The van der Waals surface area contributed by atoms with Crippen molar-refractivity contribution >= 4 is 0 Å². The zero-order chi connectivity index (χ0) is 56.8. The number of hydrogen-bond acceptors (Lipinski definition) is 27. The van der Waals surface area contributed by atoms with Gasteiger partial charge in [0, 0.05) is 18.4 Å². The molecule has 0 aliphatic rings. The molecule has 0 spiro atoms. The Morgan fingerprint density at radius 2 is 0.408 bits per heavy atom. The maximum Gasteiger partial charge on any atom is 0.104 e. The van der Waals surface area contributed by atoms with Crippen molar-refractivity contribution in [2.45, 2.75) is 113 Å². The molecule has 10 atom stereocenters. The molecule has 0 aromatic carbocycles. The fraction of sp³-hybridized carbons (Fsp3) is 1.00. The average Bonchev–Trinajstić information content (AvgIpc) is 3.42. The molecule has 27 heteroatoms. The molecule has 10 unspecified atom stereocenters. The second-order valence-electron chi connectivity index (χ2n) is 19.3. The van der Waals surface area contributed by atoms with Crippen LogP contribution in [0.15, 0.2) is 0 Å². The minimum Gasteiger partial charge on any atom is -0.394 e. The van der Waals surface area contributed by atoms with Gasteiger partial charge in [-0.1, -0.05) is 19.8 Å². The van der Waals surface area contributed by atoms with Crippen LogP contribution in [0.2, 0.25) is 0 Å². The molecule has 0 saturated heterocycles. The van der Waals surface area contributed by atoms with Crippen LogP contribution in [0.3, 0.4) is 0 Å². The van der Waals surface area contributed by atoms with E-state index in [0.717, 1.165) is 0 Å². The van der Waals surface area contributed by atoms with Crippen LogP contribution < -0.4 is 0 Å². The molecule has 16 N–H and O–H groups in total. The third-order valence-corrected chi connectivity index (χ3v) is 11.5. The first-order chi connectivity index (χ1) is 36.5. The van der Waals surface area contributed by atoms with Gasteiger partial charge in [0.25, 0.3) is 0 Å². The maximum atomic E-state index is 9.89. The summed E-state index contributed by atoms with van der Waals surface area (Å²) < 4.78 is 63.8. The van der Waals surface area contributed by atoms with Crippen LogP contribution in [0, 0.1) is 23.7 Å². The van der Waals surface area contributed by atoms with Gasteiger partial charge < -0.3 is 134 Å². The van der Waals surface area contributed by atoms with E-state index in [0.29, 0.717) is 38.5 Å². The molecule has 0 aromatic rings. The quantitative estimate of drug-likeness (QED) is 0.0269. The second-order valence-corrected chi connectivity index (χ2v) is 19.3. The van der Waals surface area contributed by atoms with Gasteiger partial charge in [-0.2, -0.15) is 0 Å². The lowest BCUT2D eigenvalue weighted by Gasteiger charge is -2.27. The van der Waals surface area contributed by atoms with Gasteiger partial charge in [0.1, 0.15) is 67.1 Å². The van der Waals surface area contributed by atoms with Crippen LogP contribution in [-0.4, -0.2) is 327 Å². The van der Waals surface area contributed by atoms with Crippen molar-refractivity contribution in [3.05, 3.63) is 0 Å². The zero-order valence-corrected chi connectivity index (χ0v) is 44.6. The van der Waals surface area contributed by atoms with Gasteiger partial charge in [0.15, 0.2) is 0 Å². The third-order valence-electron chi connectivity index (χ3n) is 11.5. The van der Waals surface area contributed by atoms with E-state index in [1.54, 1.807) is 0 Å². The van der Waals surface area contributed by atoms with Crippen LogP contribution in [0.25, 0.3) is 0 Å². The minimum atomic E-state index is -1.14. The van der Waals surface area contributed by atoms with E-state index in [4.69, 9.17) is 52.1 Å². The van der Waals surface area contributed by atoms with Crippen LogP contribution >= 0.6 is 0 Å². The Kier molecular flexibility index (Phi) is 50.1. The Labute approximate surface area is 447 Å². The fourth-order valence-corrected chi connectivity index (χ4v) is 6.82. The second kappa shape index (κ2) is 50.8. The lowest BCUT2D eigenvalue weighted by atomic mass is 9.88. The first kappa shape index (κ1) is 74.9. The normalized spacial score (nSPS) is 18.3. The molecule has 0 saturated carbocycles. The number of aliphatic hydroxyl groups excluding tert-OH is 16. The highest BCUT2D eigenvalue weighted by atomic mass is 16.6. The van der Waals surface area contributed by atoms with Gasteiger partial charge in [0.2, 0.25) is 0 Å². The van der Waals surface area contributed by atoms with Gasteiger partial charge in [-0.15, -0.1) is 0 Å². The van der Waals surface area contributed by atoms with Crippen molar-refractivity contribution in [2.75, 3.05) is 178 Å². The Bertz CT molecular complexity index is 992. The summed E-state index contributed by atoms with van der Waals surface area (Å²) >= 11 is 0. The summed E-state index contributed by atoms with van der Waals surface area (Å²) in [6.45, 7) is -3.03. The highest BCUT2D eigenvalue weighted by molar-refractivity contribution is 4.72. The monoisotopic (exact) mass is 1120 g/mol. The Morgan fingerprint density at radius 3 is 0.658 bits per heavy atom. The van der Waals surface area contributed by atoms with Crippen LogP contribution in [-0.2, 0) is 52.1 Å². The van der Waals surface area contributed by atoms with Crippen molar-refractivity contribution in [3.8, 4) is 0 Å². The molecular weight excluding hydrogens is 1020 g/mol. The Hall–Kier alpha value is -1.08. The summed E-state index contributed by atoms with van der Waals surface area (Å²) in [5.74, 6) is -0.540. The van der Waals surface area contributed by atoms with Crippen LogP contribution in [0.1, 0.15) is 45.4 Å². The SMILES string of the molecule is CC(CCC(CCC(COCC(O)CO)COCC(O)CO)COC(COCC(O)CO)COCC(O)CO)CCC(COC(COCC(O)CO)COCC(O)CO)COC(COCC(O)CO)COCC(O)CO. The molecule has 0 rings (SSSR count). The summed E-state index contributed by atoms with van der Waals surface area (Å²) in [6.07, 6.45) is -7.43. The van der Waals surface area contributed by atoms with E-state index in [-0.39, 0.29) is 149 Å². The van der Waals surface area contributed by atoms with Crippen LogP contribution in [0.5, 0.6) is 0 Å². The first-order valence-corrected chi connectivity index (χ1v) is 26.3. The molecule has 458 valence electrons. The van der Waals surface area contributed by atoms with E-state index >= 15 is 0 Å².